The van der Waals surface area contributed by atoms with Crippen LogP contribution in [-0.4, -0.2) is 17.2 Å². The Morgan fingerprint density at radius 1 is 1.14 bits per heavy atom. The van der Waals surface area contributed by atoms with Crippen molar-refractivity contribution in [3.8, 4) is 5.75 Å². The smallest absolute Gasteiger partial charge is 0.488 e. The number of hydrogen-bond donors (Lipinski definition) is 2. The molecular formula is C16H18BFO3. The summed E-state index contributed by atoms with van der Waals surface area (Å²) in [6.45, 7) is 4.36. The number of benzene rings is 2. The van der Waals surface area contributed by atoms with Crippen LogP contribution in [0.4, 0.5) is 4.39 Å². The van der Waals surface area contributed by atoms with Crippen molar-refractivity contribution in [2.45, 2.75) is 26.4 Å². The van der Waals surface area contributed by atoms with Gasteiger partial charge in [-0.1, -0.05) is 32.0 Å². The third-order valence-electron chi connectivity index (χ3n) is 3.21. The highest BCUT2D eigenvalue weighted by atomic mass is 19.1. The van der Waals surface area contributed by atoms with Crippen molar-refractivity contribution in [1.29, 1.82) is 0 Å². The Labute approximate surface area is 124 Å². The predicted octanol–water partition coefficient (Wildman–Crippen LogP) is 2.21. The zero-order valence-corrected chi connectivity index (χ0v) is 12.1. The molecule has 2 aromatic carbocycles. The highest BCUT2D eigenvalue weighted by molar-refractivity contribution is 6.58. The van der Waals surface area contributed by atoms with Gasteiger partial charge in [-0.15, -0.1) is 0 Å². The van der Waals surface area contributed by atoms with Crippen LogP contribution in [0.25, 0.3) is 0 Å². The first-order valence-corrected chi connectivity index (χ1v) is 6.84. The number of halogens is 1. The molecule has 3 nitrogen and oxygen atoms in total. The molecule has 0 heterocycles. The molecule has 0 aliphatic rings. The first-order chi connectivity index (χ1) is 9.95. The summed E-state index contributed by atoms with van der Waals surface area (Å²) in [5, 5.41) is 18.2. The van der Waals surface area contributed by atoms with Gasteiger partial charge in [0, 0.05) is 0 Å². The predicted molar refractivity (Wildman–Crippen MR) is 81.1 cm³/mol. The van der Waals surface area contributed by atoms with Crippen molar-refractivity contribution in [3.63, 3.8) is 0 Å². The fourth-order valence-corrected chi connectivity index (χ4v) is 2.04. The van der Waals surface area contributed by atoms with E-state index in [0.29, 0.717) is 17.2 Å². The van der Waals surface area contributed by atoms with Gasteiger partial charge in [0.15, 0.2) is 0 Å². The van der Waals surface area contributed by atoms with E-state index in [4.69, 9.17) is 14.8 Å². The van der Waals surface area contributed by atoms with E-state index in [-0.39, 0.29) is 12.1 Å². The van der Waals surface area contributed by atoms with Gasteiger partial charge in [-0.05, 0) is 46.8 Å². The minimum absolute atomic E-state index is 0.115. The summed E-state index contributed by atoms with van der Waals surface area (Å²) in [7, 11) is -1.69. The molecule has 0 radical (unpaired) electrons. The highest BCUT2D eigenvalue weighted by Gasteiger charge is 2.13. The summed E-state index contributed by atoms with van der Waals surface area (Å²) in [6, 6.07) is 11.7. The van der Waals surface area contributed by atoms with Gasteiger partial charge in [0.2, 0.25) is 0 Å². The third-order valence-corrected chi connectivity index (χ3v) is 3.21. The molecule has 5 heteroatoms. The first kappa shape index (κ1) is 15.5. The van der Waals surface area contributed by atoms with Crippen LogP contribution in [-0.2, 0) is 6.61 Å². The SMILES string of the molecule is CC(C)c1cccc(OCc2cc(F)cc(B(O)O)c2)c1. The second kappa shape index (κ2) is 6.74. The van der Waals surface area contributed by atoms with Crippen molar-refractivity contribution in [1.82, 2.24) is 0 Å². The van der Waals surface area contributed by atoms with Crippen LogP contribution in [0.15, 0.2) is 42.5 Å². The maximum Gasteiger partial charge on any atom is 0.488 e. The Bertz CT molecular complexity index is 614. The normalized spacial score (nSPS) is 10.8. The molecular weight excluding hydrogens is 270 g/mol. The molecule has 21 heavy (non-hydrogen) atoms. The van der Waals surface area contributed by atoms with E-state index in [0.717, 1.165) is 6.07 Å². The lowest BCUT2D eigenvalue weighted by Crippen LogP contribution is -2.30. The monoisotopic (exact) mass is 288 g/mol. The van der Waals surface area contributed by atoms with Gasteiger partial charge in [-0.2, -0.15) is 0 Å². The van der Waals surface area contributed by atoms with Gasteiger partial charge in [0.05, 0.1) is 0 Å². The minimum Gasteiger partial charge on any atom is -0.489 e. The van der Waals surface area contributed by atoms with Crippen molar-refractivity contribution in [3.05, 3.63) is 59.4 Å². The summed E-state index contributed by atoms with van der Waals surface area (Å²) < 4.78 is 19.0. The molecule has 0 fully saturated rings. The molecule has 0 spiro atoms. The number of ether oxygens (including phenoxy) is 1. The zero-order valence-electron chi connectivity index (χ0n) is 12.1. The Morgan fingerprint density at radius 2 is 1.90 bits per heavy atom. The number of rotatable bonds is 5. The molecule has 0 saturated heterocycles. The summed E-state index contributed by atoms with van der Waals surface area (Å²) in [4.78, 5) is 0. The summed E-state index contributed by atoms with van der Waals surface area (Å²) in [5.41, 5.74) is 1.83. The van der Waals surface area contributed by atoms with Crippen LogP contribution >= 0.6 is 0 Å². The van der Waals surface area contributed by atoms with Gasteiger partial charge >= 0.3 is 7.12 Å². The molecule has 2 aromatic rings. The lowest BCUT2D eigenvalue weighted by Gasteiger charge is -2.11. The molecule has 110 valence electrons. The van der Waals surface area contributed by atoms with E-state index in [1.54, 1.807) is 0 Å². The Kier molecular flexibility index (Phi) is 4.99. The minimum atomic E-state index is -1.69. The van der Waals surface area contributed by atoms with Gasteiger partial charge < -0.3 is 14.8 Å². The van der Waals surface area contributed by atoms with E-state index in [2.05, 4.69) is 13.8 Å². The van der Waals surface area contributed by atoms with E-state index in [1.165, 1.54) is 17.7 Å². The van der Waals surface area contributed by atoms with Crippen LogP contribution in [0.3, 0.4) is 0 Å². The molecule has 0 aromatic heterocycles. The molecule has 0 aliphatic heterocycles. The van der Waals surface area contributed by atoms with Gasteiger partial charge in [-0.25, -0.2) is 4.39 Å². The third kappa shape index (κ3) is 4.31. The molecule has 2 N–H and O–H groups in total. The summed E-state index contributed by atoms with van der Waals surface area (Å²) in [6.07, 6.45) is 0. The van der Waals surface area contributed by atoms with E-state index < -0.39 is 12.9 Å². The maximum absolute atomic E-state index is 13.4. The van der Waals surface area contributed by atoms with E-state index in [9.17, 15) is 4.39 Å². The molecule has 0 aliphatic carbocycles. The van der Waals surface area contributed by atoms with Crippen LogP contribution in [0.2, 0.25) is 0 Å². The lowest BCUT2D eigenvalue weighted by molar-refractivity contribution is 0.305. The standard InChI is InChI=1S/C16H18BFO3/c1-11(2)13-4-3-5-16(8-13)21-10-12-6-14(17(19)20)9-15(18)7-12/h3-9,11,19-20H,10H2,1-2H3. The molecule has 0 amide bonds. The van der Waals surface area contributed by atoms with Crippen LogP contribution in [0.5, 0.6) is 5.75 Å². The van der Waals surface area contributed by atoms with Crippen molar-refractivity contribution in [2.24, 2.45) is 0 Å². The second-order valence-corrected chi connectivity index (χ2v) is 5.28. The average molecular weight is 288 g/mol. The summed E-state index contributed by atoms with van der Waals surface area (Å²) in [5.74, 6) is 0.588. The highest BCUT2D eigenvalue weighted by Crippen LogP contribution is 2.21. The lowest BCUT2D eigenvalue weighted by atomic mass is 9.79. The van der Waals surface area contributed by atoms with E-state index >= 15 is 0 Å². The van der Waals surface area contributed by atoms with Crippen molar-refractivity contribution >= 4 is 12.6 Å². The quantitative estimate of drug-likeness (QED) is 0.829. The van der Waals surface area contributed by atoms with Gasteiger partial charge in [0.1, 0.15) is 18.2 Å². The van der Waals surface area contributed by atoms with Gasteiger partial charge in [-0.3, -0.25) is 0 Å². The first-order valence-electron chi connectivity index (χ1n) is 6.84. The van der Waals surface area contributed by atoms with Gasteiger partial charge in [0.25, 0.3) is 0 Å². The fraction of sp³-hybridized carbons (Fsp3) is 0.250. The fourth-order valence-electron chi connectivity index (χ4n) is 2.04. The van der Waals surface area contributed by atoms with Crippen LogP contribution in [0, 0.1) is 5.82 Å². The van der Waals surface area contributed by atoms with Crippen LogP contribution < -0.4 is 10.2 Å². The van der Waals surface area contributed by atoms with Crippen molar-refractivity contribution in [2.75, 3.05) is 0 Å². The van der Waals surface area contributed by atoms with E-state index in [1.807, 2.05) is 24.3 Å². The largest absolute Gasteiger partial charge is 0.489 e. The molecule has 0 bridgehead atoms. The Balaban J connectivity index is 2.11. The Morgan fingerprint density at radius 3 is 2.57 bits per heavy atom. The average Bonchev–Trinajstić information content (AvgIpc) is 2.45. The molecule has 2 rings (SSSR count). The molecule has 0 unspecified atom stereocenters. The van der Waals surface area contributed by atoms with Crippen molar-refractivity contribution < 1.29 is 19.2 Å². The summed E-state index contributed by atoms with van der Waals surface area (Å²) >= 11 is 0. The second-order valence-electron chi connectivity index (χ2n) is 5.28. The topological polar surface area (TPSA) is 49.7 Å². The number of hydrogen-bond acceptors (Lipinski definition) is 3. The van der Waals surface area contributed by atoms with Crippen LogP contribution in [0.1, 0.15) is 30.9 Å². The molecule has 0 saturated carbocycles. The maximum atomic E-state index is 13.4. The Hall–Kier alpha value is -1.85. The zero-order chi connectivity index (χ0) is 15.4. The molecule has 0 atom stereocenters.